The van der Waals surface area contributed by atoms with E-state index in [1.807, 2.05) is 37.3 Å². The van der Waals surface area contributed by atoms with E-state index in [2.05, 4.69) is 5.32 Å². The quantitative estimate of drug-likeness (QED) is 0.446. The first-order valence-electron chi connectivity index (χ1n) is 10.6. The van der Waals surface area contributed by atoms with Crippen molar-refractivity contribution in [3.8, 4) is 5.75 Å². The van der Waals surface area contributed by atoms with Gasteiger partial charge in [-0.3, -0.25) is 9.10 Å². The van der Waals surface area contributed by atoms with E-state index < -0.39 is 10.0 Å². The fourth-order valence-electron chi connectivity index (χ4n) is 3.26. The number of sulfonamides is 1. The zero-order chi connectivity index (χ0) is 22.8. The monoisotopic (exact) mass is 452 g/mol. The molecule has 0 spiro atoms. The molecule has 6 nitrogen and oxygen atoms in total. The third kappa shape index (κ3) is 6.34. The number of rotatable bonds is 11. The van der Waals surface area contributed by atoms with Gasteiger partial charge in [0.1, 0.15) is 12.3 Å². The summed E-state index contributed by atoms with van der Waals surface area (Å²) in [6.45, 7) is 2.53. The van der Waals surface area contributed by atoms with Gasteiger partial charge in [-0.1, -0.05) is 48.5 Å². The van der Waals surface area contributed by atoms with Crippen molar-refractivity contribution in [2.45, 2.75) is 24.7 Å². The minimum Gasteiger partial charge on any atom is -0.494 e. The molecule has 168 valence electrons. The zero-order valence-electron chi connectivity index (χ0n) is 18.1. The number of hydrogen-bond donors (Lipinski definition) is 1. The van der Waals surface area contributed by atoms with E-state index in [0.717, 1.165) is 17.1 Å². The van der Waals surface area contributed by atoms with Gasteiger partial charge in [0.2, 0.25) is 5.91 Å². The van der Waals surface area contributed by atoms with Crippen LogP contribution in [0.4, 0.5) is 5.69 Å². The van der Waals surface area contributed by atoms with Crippen LogP contribution < -0.4 is 14.4 Å². The van der Waals surface area contributed by atoms with Crippen LogP contribution in [0.3, 0.4) is 0 Å². The van der Waals surface area contributed by atoms with Gasteiger partial charge in [-0.15, -0.1) is 0 Å². The van der Waals surface area contributed by atoms with Crippen LogP contribution in [-0.4, -0.2) is 34.0 Å². The first-order valence-corrected chi connectivity index (χ1v) is 12.1. The molecule has 1 N–H and O–H groups in total. The van der Waals surface area contributed by atoms with Crippen molar-refractivity contribution >= 4 is 21.6 Å². The summed E-state index contributed by atoms with van der Waals surface area (Å²) < 4.78 is 33.2. The number of nitrogens with one attached hydrogen (secondary N) is 1. The number of ether oxygens (including phenoxy) is 1. The molecule has 0 aliphatic carbocycles. The van der Waals surface area contributed by atoms with Gasteiger partial charge in [0.15, 0.2) is 0 Å². The molecule has 1 amide bonds. The molecule has 0 heterocycles. The Morgan fingerprint density at radius 2 is 1.53 bits per heavy atom. The van der Waals surface area contributed by atoms with E-state index in [9.17, 15) is 13.2 Å². The van der Waals surface area contributed by atoms with Crippen molar-refractivity contribution in [2.24, 2.45) is 0 Å². The van der Waals surface area contributed by atoms with E-state index in [0.29, 0.717) is 24.6 Å². The van der Waals surface area contributed by atoms with Crippen LogP contribution in [0, 0.1) is 0 Å². The van der Waals surface area contributed by atoms with Gasteiger partial charge in [-0.25, -0.2) is 8.42 Å². The number of anilines is 1. The third-order valence-electron chi connectivity index (χ3n) is 4.86. The van der Waals surface area contributed by atoms with Crippen molar-refractivity contribution in [3.05, 3.63) is 90.5 Å². The van der Waals surface area contributed by atoms with E-state index >= 15 is 0 Å². The molecule has 0 saturated carbocycles. The zero-order valence-corrected chi connectivity index (χ0v) is 18.9. The summed E-state index contributed by atoms with van der Waals surface area (Å²) in [6, 6.07) is 24.9. The topological polar surface area (TPSA) is 75.7 Å². The van der Waals surface area contributed by atoms with Crippen molar-refractivity contribution < 1.29 is 17.9 Å². The molecule has 3 aromatic rings. The predicted molar refractivity (Wildman–Crippen MR) is 126 cm³/mol. The minimum atomic E-state index is -3.94. The Hall–Kier alpha value is -3.32. The number of carbonyl (C=O) groups excluding carboxylic acids is 1. The molecule has 7 heteroatoms. The first kappa shape index (κ1) is 23.3. The summed E-state index contributed by atoms with van der Waals surface area (Å²) in [6.07, 6.45) is 1.61. The predicted octanol–water partition coefficient (Wildman–Crippen LogP) is 4.03. The number of para-hydroxylation sites is 1. The minimum absolute atomic E-state index is 0.0988. The molecule has 3 aromatic carbocycles. The maximum absolute atomic E-state index is 13.4. The summed E-state index contributed by atoms with van der Waals surface area (Å²) in [5.41, 5.74) is 1.63. The van der Waals surface area contributed by atoms with Crippen molar-refractivity contribution in [1.82, 2.24) is 5.32 Å². The second kappa shape index (κ2) is 11.3. The van der Waals surface area contributed by atoms with Crippen LogP contribution >= 0.6 is 0 Å². The number of aryl methyl sites for hydroxylation is 1. The summed E-state index contributed by atoms with van der Waals surface area (Å²) in [7, 11) is -3.94. The highest BCUT2D eigenvalue weighted by molar-refractivity contribution is 7.92. The summed E-state index contributed by atoms with van der Waals surface area (Å²) in [5.74, 6) is 0.241. The molecular weight excluding hydrogens is 424 g/mol. The Morgan fingerprint density at radius 3 is 2.16 bits per heavy atom. The number of hydrogen-bond acceptors (Lipinski definition) is 4. The number of carbonyl (C=O) groups is 1. The SMILES string of the molecule is CCOc1ccc(S(=O)(=O)N(CC(=O)NCCCc2ccccc2)c2ccccc2)cc1. The summed E-state index contributed by atoms with van der Waals surface area (Å²) in [5, 5.41) is 2.84. The lowest BCUT2D eigenvalue weighted by atomic mass is 10.1. The van der Waals surface area contributed by atoms with Gasteiger partial charge in [-0.2, -0.15) is 0 Å². The molecule has 3 rings (SSSR count). The second-order valence-electron chi connectivity index (χ2n) is 7.19. The normalized spacial score (nSPS) is 11.0. The third-order valence-corrected chi connectivity index (χ3v) is 6.65. The lowest BCUT2D eigenvalue weighted by Crippen LogP contribution is -2.41. The van der Waals surface area contributed by atoms with Crippen LogP contribution in [0.15, 0.2) is 89.8 Å². The molecule has 0 radical (unpaired) electrons. The molecule has 0 saturated heterocycles. The Labute approximate surface area is 189 Å². The maximum Gasteiger partial charge on any atom is 0.264 e. The molecule has 0 aliphatic rings. The average Bonchev–Trinajstić information content (AvgIpc) is 2.82. The molecule has 32 heavy (non-hydrogen) atoms. The highest BCUT2D eigenvalue weighted by atomic mass is 32.2. The molecule has 0 aromatic heterocycles. The van der Waals surface area contributed by atoms with Gasteiger partial charge in [0.05, 0.1) is 17.2 Å². The molecular formula is C25H28N2O4S. The van der Waals surface area contributed by atoms with Gasteiger partial charge in [0, 0.05) is 6.54 Å². The van der Waals surface area contributed by atoms with Gasteiger partial charge in [-0.05, 0) is 61.7 Å². The fraction of sp³-hybridized carbons (Fsp3) is 0.240. The van der Waals surface area contributed by atoms with Crippen LogP contribution in [0.2, 0.25) is 0 Å². The molecule has 0 bridgehead atoms. The van der Waals surface area contributed by atoms with Crippen LogP contribution in [0.1, 0.15) is 18.9 Å². The van der Waals surface area contributed by atoms with E-state index in [1.54, 1.807) is 42.5 Å². The summed E-state index contributed by atoms with van der Waals surface area (Å²) in [4.78, 5) is 12.7. The molecule has 0 atom stereocenters. The number of amides is 1. The largest absolute Gasteiger partial charge is 0.494 e. The second-order valence-corrected chi connectivity index (χ2v) is 9.05. The fourth-order valence-corrected chi connectivity index (χ4v) is 4.68. The highest BCUT2D eigenvalue weighted by Gasteiger charge is 2.27. The maximum atomic E-state index is 13.4. The van der Waals surface area contributed by atoms with E-state index in [-0.39, 0.29) is 17.3 Å². The first-order chi connectivity index (χ1) is 15.5. The standard InChI is InChI=1S/C25H28N2O4S/c1-2-31-23-15-17-24(18-16-23)32(29,30)27(22-13-7-4-8-14-22)20-25(28)26-19-9-12-21-10-5-3-6-11-21/h3-8,10-11,13-18H,2,9,12,19-20H2,1H3,(H,26,28). The van der Waals surface area contributed by atoms with Gasteiger partial charge >= 0.3 is 0 Å². The van der Waals surface area contributed by atoms with Crippen LogP contribution in [0.5, 0.6) is 5.75 Å². The van der Waals surface area contributed by atoms with E-state index in [1.165, 1.54) is 17.7 Å². The smallest absolute Gasteiger partial charge is 0.264 e. The Bertz CT molecular complexity index is 1090. The Morgan fingerprint density at radius 1 is 0.906 bits per heavy atom. The highest BCUT2D eigenvalue weighted by Crippen LogP contribution is 2.25. The van der Waals surface area contributed by atoms with E-state index in [4.69, 9.17) is 4.74 Å². The van der Waals surface area contributed by atoms with Crippen LogP contribution in [-0.2, 0) is 21.2 Å². The lowest BCUT2D eigenvalue weighted by Gasteiger charge is -2.24. The van der Waals surface area contributed by atoms with Crippen molar-refractivity contribution in [3.63, 3.8) is 0 Å². The molecule has 0 unspecified atom stereocenters. The molecule has 0 fully saturated rings. The number of benzene rings is 3. The Kier molecular flexibility index (Phi) is 8.27. The van der Waals surface area contributed by atoms with Gasteiger partial charge in [0.25, 0.3) is 10.0 Å². The lowest BCUT2D eigenvalue weighted by molar-refractivity contribution is -0.119. The number of nitrogens with zero attached hydrogens (tertiary/aromatic N) is 1. The van der Waals surface area contributed by atoms with Crippen LogP contribution in [0.25, 0.3) is 0 Å². The molecule has 0 aliphatic heterocycles. The summed E-state index contributed by atoms with van der Waals surface area (Å²) >= 11 is 0. The Balaban J connectivity index is 1.69. The van der Waals surface area contributed by atoms with Crippen molar-refractivity contribution in [1.29, 1.82) is 0 Å². The average molecular weight is 453 g/mol. The van der Waals surface area contributed by atoms with Gasteiger partial charge < -0.3 is 10.1 Å². The van der Waals surface area contributed by atoms with Crippen molar-refractivity contribution in [2.75, 3.05) is 24.0 Å².